The minimum absolute atomic E-state index is 0.409. The van der Waals surface area contributed by atoms with Gasteiger partial charge >= 0.3 is 0 Å². The van der Waals surface area contributed by atoms with E-state index < -0.39 is 0 Å². The van der Waals surface area contributed by atoms with Gasteiger partial charge in [-0.1, -0.05) is 41.4 Å². The first-order valence-electron chi connectivity index (χ1n) is 8.55. The highest BCUT2D eigenvalue weighted by atomic mass is 35.5. The van der Waals surface area contributed by atoms with Gasteiger partial charge in [0, 0.05) is 38.4 Å². The molecule has 0 atom stereocenters. The molecule has 2 aromatic rings. The monoisotopic (exact) mass is 366 g/mol. The molecule has 6 heteroatoms. The Bertz CT molecular complexity index is 649. The molecule has 0 N–H and O–H groups in total. The lowest BCUT2D eigenvalue weighted by Gasteiger charge is -2.36. The standard InChI is InChI=1S/C18H24Cl2N4/c1-15-21-17(19)18(20)24(15)10-6-5-9-22-11-13-23(14-12-22)16-7-3-2-4-8-16/h2-4,7-8H,5-6,9-14H2,1H3. The van der Waals surface area contributed by atoms with Crippen LogP contribution >= 0.6 is 23.2 Å². The van der Waals surface area contributed by atoms with Crippen molar-refractivity contribution in [2.45, 2.75) is 26.3 Å². The number of hydrogen-bond acceptors (Lipinski definition) is 3. The second-order valence-corrected chi connectivity index (χ2v) is 6.98. The average Bonchev–Trinajstić information content (AvgIpc) is 2.85. The van der Waals surface area contributed by atoms with Crippen molar-refractivity contribution in [1.29, 1.82) is 0 Å². The molecule has 1 aromatic carbocycles. The number of nitrogens with zero attached hydrogens (tertiary/aromatic N) is 4. The summed E-state index contributed by atoms with van der Waals surface area (Å²) in [6, 6.07) is 10.7. The Hall–Kier alpha value is -1.23. The number of aryl methyl sites for hydroxylation is 1. The maximum absolute atomic E-state index is 6.17. The van der Waals surface area contributed by atoms with Crippen LogP contribution in [0.1, 0.15) is 18.7 Å². The number of hydrogen-bond donors (Lipinski definition) is 0. The Kier molecular flexibility index (Phi) is 6.04. The van der Waals surface area contributed by atoms with Gasteiger partial charge in [0.1, 0.15) is 11.0 Å². The Labute approximate surface area is 154 Å². The number of anilines is 1. The fraction of sp³-hybridized carbons (Fsp3) is 0.500. The van der Waals surface area contributed by atoms with Gasteiger partial charge in [-0.25, -0.2) is 4.98 Å². The van der Waals surface area contributed by atoms with E-state index in [9.17, 15) is 0 Å². The lowest BCUT2D eigenvalue weighted by atomic mass is 10.2. The summed E-state index contributed by atoms with van der Waals surface area (Å²) in [7, 11) is 0. The van der Waals surface area contributed by atoms with Crippen LogP contribution in [0.15, 0.2) is 30.3 Å². The van der Waals surface area contributed by atoms with Crippen LogP contribution in [0.3, 0.4) is 0 Å². The SMILES string of the molecule is Cc1nc(Cl)c(Cl)n1CCCCN1CCN(c2ccccc2)CC1. The molecule has 0 amide bonds. The fourth-order valence-electron chi connectivity index (χ4n) is 3.24. The first kappa shape index (κ1) is 17.6. The molecule has 0 radical (unpaired) electrons. The molecule has 2 heterocycles. The van der Waals surface area contributed by atoms with Crippen molar-refractivity contribution in [1.82, 2.24) is 14.5 Å². The highest BCUT2D eigenvalue weighted by Crippen LogP contribution is 2.23. The molecule has 0 aliphatic carbocycles. The number of rotatable bonds is 6. The van der Waals surface area contributed by atoms with E-state index in [0.29, 0.717) is 10.3 Å². The smallest absolute Gasteiger partial charge is 0.166 e. The molecular formula is C18H24Cl2N4. The third-order valence-corrected chi connectivity index (χ3v) is 5.40. The zero-order valence-electron chi connectivity index (χ0n) is 14.1. The zero-order chi connectivity index (χ0) is 16.9. The third-order valence-electron chi connectivity index (χ3n) is 4.66. The van der Waals surface area contributed by atoms with Gasteiger partial charge in [-0.15, -0.1) is 0 Å². The van der Waals surface area contributed by atoms with Crippen molar-refractivity contribution in [2.75, 3.05) is 37.6 Å². The summed E-state index contributed by atoms with van der Waals surface area (Å²) in [5, 5.41) is 0.969. The number of para-hydroxylation sites is 1. The number of piperazine rings is 1. The summed E-state index contributed by atoms with van der Waals surface area (Å²) in [5.74, 6) is 0.890. The molecule has 0 saturated carbocycles. The Morgan fingerprint density at radius 3 is 2.25 bits per heavy atom. The first-order valence-corrected chi connectivity index (χ1v) is 9.31. The van der Waals surface area contributed by atoms with E-state index in [2.05, 4.69) is 45.1 Å². The summed E-state index contributed by atoms with van der Waals surface area (Å²) in [6.07, 6.45) is 2.25. The van der Waals surface area contributed by atoms with Gasteiger partial charge < -0.3 is 9.47 Å². The molecule has 1 aliphatic heterocycles. The number of imidazole rings is 1. The number of halogens is 2. The van der Waals surface area contributed by atoms with Crippen molar-refractivity contribution in [3.8, 4) is 0 Å². The van der Waals surface area contributed by atoms with Crippen LogP contribution in [0.5, 0.6) is 0 Å². The molecular weight excluding hydrogens is 343 g/mol. The third kappa shape index (κ3) is 4.24. The zero-order valence-corrected chi connectivity index (χ0v) is 15.6. The van der Waals surface area contributed by atoms with Gasteiger partial charge in [0.05, 0.1) is 0 Å². The van der Waals surface area contributed by atoms with Crippen LogP contribution in [0.2, 0.25) is 10.3 Å². The molecule has 1 aromatic heterocycles. The highest BCUT2D eigenvalue weighted by Gasteiger charge is 2.16. The normalized spacial score (nSPS) is 15.9. The van der Waals surface area contributed by atoms with E-state index in [1.54, 1.807) is 0 Å². The quantitative estimate of drug-likeness (QED) is 0.719. The largest absolute Gasteiger partial charge is 0.369 e. The summed E-state index contributed by atoms with van der Waals surface area (Å²) in [5.41, 5.74) is 1.33. The molecule has 3 rings (SSSR count). The highest BCUT2D eigenvalue weighted by molar-refractivity contribution is 6.40. The Morgan fingerprint density at radius 1 is 0.958 bits per heavy atom. The van der Waals surface area contributed by atoms with Crippen molar-refractivity contribution in [3.63, 3.8) is 0 Å². The predicted molar refractivity (Wildman–Crippen MR) is 101 cm³/mol. The number of benzene rings is 1. The van der Waals surface area contributed by atoms with Crippen LogP contribution < -0.4 is 4.90 Å². The van der Waals surface area contributed by atoms with Crippen LogP contribution in [-0.2, 0) is 6.54 Å². The van der Waals surface area contributed by atoms with Gasteiger partial charge in [0.15, 0.2) is 5.15 Å². The molecule has 24 heavy (non-hydrogen) atoms. The molecule has 1 fully saturated rings. The molecule has 1 aliphatic rings. The predicted octanol–water partition coefficient (Wildman–Crippen LogP) is 4.10. The Morgan fingerprint density at radius 2 is 1.62 bits per heavy atom. The van der Waals surface area contributed by atoms with Crippen molar-refractivity contribution in [3.05, 3.63) is 46.5 Å². The van der Waals surface area contributed by atoms with Gasteiger partial charge in [-0.3, -0.25) is 4.90 Å². The topological polar surface area (TPSA) is 24.3 Å². The lowest BCUT2D eigenvalue weighted by Crippen LogP contribution is -2.46. The van der Waals surface area contributed by atoms with Crippen LogP contribution in [0, 0.1) is 6.92 Å². The van der Waals surface area contributed by atoms with Crippen LogP contribution in [0.4, 0.5) is 5.69 Å². The molecule has 4 nitrogen and oxygen atoms in total. The van der Waals surface area contributed by atoms with Gasteiger partial charge in [-0.05, 0) is 38.4 Å². The minimum Gasteiger partial charge on any atom is -0.369 e. The summed E-state index contributed by atoms with van der Waals surface area (Å²) in [4.78, 5) is 9.21. The maximum Gasteiger partial charge on any atom is 0.166 e. The van der Waals surface area contributed by atoms with Crippen molar-refractivity contribution >= 4 is 28.9 Å². The second-order valence-electron chi connectivity index (χ2n) is 6.26. The fourth-order valence-corrected chi connectivity index (χ4v) is 3.71. The summed E-state index contributed by atoms with van der Waals surface area (Å²) in [6.45, 7) is 8.44. The molecule has 0 bridgehead atoms. The number of unbranched alkanes of at least 4 members (excludes halogenated alkanes) is 1. The second kappa shape index (κ2) is 8.24. The van der Waals surface area contributed by atoms with E-state index in [1.807, 2.05) is 11.5 Å². The van der Waals surface area contributed by atoms with Crippen LogP contribution in [-0.4, -0.2) is 47.2 Å². The summed E-state index contributed by atoms with van der Waals surface area (Å²) >= 11 is 12.1. The molecule has 1 saturated heterocycles. The average molecular weight is 367 g/mol. The van der Waals surface area contributed by atoms with Crippen molar-refractivity contribution < 1.29 is 0 Å². The maximum atomic E-state index is 6.17. The minimum atomic E-state index is 0.409. The van der Waals surface area contributed by atoms with E-state index in [-0.39, 0.29) is 0 Å². The van der Waals surface area contributed by atoms with Gasteiger partial charge in [0.2, 0.25) is 0 Å². The Balaban J connectivity index is 1.38. The van der Waals surface area contributed by atoms with E-state index in [1.165, 1.54) is 5.69 Å². The molecule has 0 unspecified atom stereocenters. The van der Waals surface area contributed by atoms with E-state index in [0.717, 1.165) is 57.9 Å². The van der Waals surface area contributed by atoms with E-state index in [4.69, 9.17) is 23.2 Å². The van der Waals surface area contributed by atoms with Crippen molar-refractivity contribution in [2.24, 2.45) is 0 Å². The first-order chi connectivity index (χ1) is 11.6. The van der Waals surface area contributed by atoms with Crippen LogP contribution in [0.25, 0.3) is 0 Å². The lowest BCUT2D eigenvalue weighted by molar-refractivity contribution is 0.251. The van der Waals surface area contributed by atoms with Gasteiger partial charge in [0.25, 0.3) is 0 Å². The summed E-state index contributed by atoms with van der Waals surface area (Å²) < 4.78 is 2.00. The molecule has 130 valence electrons. The molecule has 0 spiro atoms. The van der Waals surface area contributed by atoms with Gasteiger partial charge in [-0.2, -0.15) is 0 Å². The van der Waals surface area contributed by atoms with E-state index >= 15 is 0 Å². The number of aromatic nitrogens is 2.